The summed E-state index contributed by atoms with van der Waals surface area (Å²) in [5.74, 6) is -1.21. The van der Waals surface area contributed by atoms with Crippen LogP contribution in [0.25, 0.3) is 0 Å². The van der Waals surface area contributed by atoms with Gasteiger partial charge in [-0.05, 0) is 6.07 Å². The molecule has 0 aliphatic carbocycles. The number of aliphatic hydroxyl groups is 3. The van der Waals surface area contributed by atoms with Crippen molar-refractivity contribution in [1.82, 2.24) is 4.57 Å². The number of nitrogens with two attached hydrogens (primary N) is 1. The molecule has 1 saturated heterocycles. The van der Waals surface area contributed by atoms with E-state index in [1.807, 2.05) is 0 Å². The third kappa shape index (κ3) is 1.62. The second-order valence-electron chi connectivity index (χ2n) is 4.09. The largest absolute Gasteiger partial charge is 0.396 e. The van der Waals surface area contributed by atoms with Gasteiger partial charge in [-0.1, -0.05) is 0 Å². The summed E-state index contributed by atoms with van der Waals surface area (Å²) in [7, 11) is 0. The summed E-state index contributed by atoms with van der Waals surface area (Å²) in [6.07, 6.45) is -1.73. The Morgan fingerprint density at radius 2 is 2.28 bits per heavy atom. The van der Waals surface area contributed by atoms with Crippen LogP contribution in [-0.2, 0) is 10.5 Å². The van der Waals surface area contributed by atoms with Crippen molar-refractivity contribution < 1.29 is 24.4 Å². The average molecular weight is 260 g/mol. The smallest absolute Gasteiger partial charge is 0.291 e. The number of pyridine rings is 1. The minimum Gasteiger partial charge on any atom is -0.396 e. The molecular formula is C10H13FN2O5. The number of nitrogen functional groups attached to an aromatic ring is 1. The quantitative estimate of drug-likeness (QED) is 0.487. The number of nitrogens with zero attached hydrogens (tertiary/aromatic N) is 1. The fourth-order valence-electron chi connectivity index (χ4n) is 1.96. The standard InChI is InChI=1S/C10H13FN2O5/c11-7-5(12)1-2-13(9(7)17)10(4-14)8(16)6(15)3-18-10/h1-2,6,8,14-16H,3-4,12H2/t6-,8-,10-/m0/s1. The number of anilines is 1. The maximum Gasteiger partial charge on any atom is 0.291 e. The van der Waals surface area contributed by atoms with Crippen molar-refractivity contribution in [1.29, 1.82) is 0 Å². The van der Waals surface area contributed by atoms with E-state index in [0.29, 0.717) is 4.57 Å². The van der Waals surface area contributed by atoms with E-state index in [9.17, 15) is 24.5 Å². The van der Waals surface area contributed by atoms with E-state index in [1.54, 1.807) is 0 Å². The van der Waals surface area contributed by atoms with Gasteiger partial charge in [-0.3, -0.25) is 9.36 Å². The van der Waals surface area contributed by atoms with Crippen LogP contribution in [0.4, 0.5) is 10.1 Å². The molecule has 0 aromatic carbocycles. The molecular weight excluding hydrogens is 247 g/mol. The second kappa shape index (κ2) is 4.32. The molecule has 0 bridgehead atoms. The maximum absolute atomic E-state index is 13.4. The molecule has 1 fully saturated rings. The summed E-state index contributed by atoms with van der Waals surface area (Å²) < 4.78 is 19.2. The minimum absolute atomic E-state index is 0.278. The van der Waals surface area contributed by atoms with Crippen LogP contribution in [0.2, 0.25) is 0 Å². The fraction of sp³-hybridized carbons (Fsp3) is 0.500. The van der Waals surface area contributed by atoms with E-state index < -0.39 is 35.9 Å². The molecule has 1 aliphatic rings. The van der Waals surface area contributed by atoms with Crippen molar-refractivity contribution in [2.75, 3.05) is 18.9 Å². The van der Waals surface area contributed by atoms with Gasteiger partial charge in [-0.15, -0.1) is 0 Å². The van der Waals surface area contributed by atoms with Gasteiger partial charge >= 0.3 is 0 Å². The number of halogens is 1. The van der Waals surface area contributed by atoms with Crippen LogP contribution in [0.1, 0.15) is 0 Å². The zero-order valence-electron chi connectivity index (χ0n) is 9.28. The highest BCUT2D eigenvalue weighted by atomic mass is 19.1. The van der Waals surface area contributed by atoms with Crippen molar-refractivity contribution in [3.05, 3.63) is 28.4 Å². The Bertz CT molecular complexity index is 519. The topological polar surface area (TPSA) is 118 Å². The van der Waals surface area contributed by atoms with E-state index in [0.717, 1.165) is 12.3 Å². The Hall–Kier alpha value is -1.48. The molecule has 1 aromatic heterocycles. The van der Waals surface area contributed by atoms with Crippen LogP contribution in [0, 0.1) is 5.82 Å². The molecule has 2 rings (SSSR count). The molecule has 0 unspecified atom stereocenters. The lowest BCUT2D eigenvalue weighted by Crippen LogP contribution is -2.53. The first-order valence-corrected chi connectivity index (χ1v) is 5.22. The molecule has 0 radical (unpaired) electrons. The van der Waals surface area contributed by atoms with Gasteiger partial charge in [0.15, 0.2) is 5.72 Å². The summed E-state index contributed by atoms with van der Waals surface area (Å²) in [5, 5.41) is 28.6. The van der Waals surface area contributed by atoms with Gasteiger partial charge in [0.2, 0.25) is 5.82 Å². The number of rotatable bonds is 2. The molecule has 100 valence electrons. The first-order chi connectivity index (χ1) is 8.44. The molecule has 1 aromatic rings. The lowest BCUT2D eigenvalue weighted by molar-refractivity contribution is -0.154. The minimum atomic E-state index is -1.90. The normalized spacial score (nSPS) is 31.8. The van der Waals surface area contributed by atoms with Crippen LogP contribution in [-0.4, -0.2) is 45.3 Å². The van der Waals surface area contributed by atoms with E-state index >= 15 is 0 Å². The number of aliphatic hydroxyl groups excluding tert-OH is 3. The predicted octanol–water partition coefficient (Wildman–Crippen LogP) is -2.03. The summed E-state index contributed by atoms with van der Waals surface area (Å²) >= 11 is 0. The fourth-order valence-corrected chi connectivity index (χ4v) is 1.96. The van der Waals surface area contributed by atoms with Gasteiger partial charge in [0.05, 0.1) is 18.9 Å². The van der Waals surface area contributed by atoms with E-state index in [1.165, 1.54) is 0 Å². The third-order valence-corrected chi connectivity index (χ3v) is 3.03. The summed E-state index contributed by atoms with van der Waals surface area (Å²) in [4.78, 5) is 11.7. The molecule has 8 heteroatoms. The molecule has 1 aliphatic heterocycles. The van der Waals surface area contributed by atoms with Gasteiger partial charge < -0.3 is 25.8 Å². The van der Waals surface area contributed by atoms with Crippen LogP contribution < -0.4 is 11.3 Å². The Morgan fingerprint density at radius 3 is 2.78 bits per heavy atom. The Balaban J connectivity index is 2.60. The molecule has 0 spiro atoms. The van der Waals surface area contributed by atoms with Crippen molar-refractivity contribution in [2.45, 2.75) is 17.9 Å². The highest BCUT2D eigenvalue weighted by Crippen LogP contribution is 2.30. The van der Waals surface area contributed by atoms with E-state index in [4.69, 9.17) is 10.5 Å². The van der Waals surface area contributed by atoms with Crippen molar-refractivity contribution in [3.8, 4) is 0 Å². The Kier molecular flexibility index (Phi) is 3.11. The first kappa shape index (κ1) is 13.0. The first-order valence-electron chi connectivity index (χ1n) is 5.22. The van der Waals surface area contributed by atoms with Crippen LogP contribution >= 0.6 is 0 Å². The summed E-state index contributed by atoms with van der Waals surface area (Å²) in [6.45, 7) is -1.07. The maximum atomic E-state index is 13.4. The monoisotopic (exact) mass is 260 g/mol. The molecule has 0 saturated carbocycles. The van der Waals surface area contributed by atoms with E-state index in [2.05, 4.69) is 0 Å². The summed E-state index contributed by atoms with van der Waals surface area (Å²) in [6, 6.07) is 1.11. The molecule has 2 heterocycles. The summed E-state index contributed by atoms with van der Waals surface area (Å²) in [5.41, 5.74) is 1.84. The molecule has 18 heavy (non-hydrogen) atoms. The van der Waals surface area contributed by atoms with Crippen LogP contribution in [0.5, 0.6) is 0 Å². The number of hydrogen-bond acceptors (Lipinski definition) is 6. The van der Waals surface area contributed by atoms with Gasteiger partial charge in [0.25, 0.3) is 5.56 Å². The average Bonchev–Trinajstić information content (AvgIpc) is 2.65. The Labute approximate surface area is 101 Å². The van der Waals surface area contributed by atoms with Crippen LogP contribution in [0.15, 0.2) is 17.1 Å². The number of hydrogen-bond donors (Lipinski definition) is 4. The highest BCUT2D eigenvalue weighted by Gasteiger charge is 2.51. The van der Waals surface area contributed by atoms with Crippen molar-refractivity contribution in [2.24, 2.45) is 0 Å². The van der Waals surface area contributed by atoms with Gasteiger partial charge in [0.1, 0.15) is 12.2 Å². The predicted molar refractivity (Wildman–Crippen MR) is 58.1 cm³/mol. The highest BCUT2D eigenvalue weighted by molar-refractivity contribution is 5.37. The lowest BCUT2D eigenvalue weighted by Gasteiger charge is -2.31. The van der Waals surface area contributed by atoms with Crippen LogP contribution in [0.3, 0.4) is 0 Å². The zero-order chi connectivity index (χ0) is 13.5. The van der Waals surface area contributed by atoms with Crippen molar-refractivity contribution in [3.63, 3.8) is 0 Å². The Morgan fingerprint density at radius 1 is 1.61 bits per heavy atom. The lowest BCUT2D eigenvalue weighted by atomic mass is 10.1. The van der Waals surface area contributed by atoms with Gasteiger partial charge in [0, 0.05) is 6.20 Å². The third-order valence-electron chi connectivity index (χ3n) is 3.03. The number of ether oxygens (including phenoxy) is 1. The zero-order valence-corrected chi connectivity index (χ0v) is 9.28. The number of aromatic nitrogens is 1. The molecule has 3 atom stereocenters. The molecule has 7 nitrogen and oxygen atoms in total. The van der Waals surface area contributed by atoms with Gasteiger partial charge in [-0.25, -0.2) is 0 Å². The molecule has 5 N–H and O–H groups in total. The molecule has 0 amide bonds. The SMILES string of the molecule is Nc1ccn([C@@]2(CO)OC[C@H](O)[C@@H]2O)c(=O)c1F. The van der Waals surface area contributed by atoms with Gasteiger partial charge in [-0.2, -0.15) is 4.39 Å². The van der Waals surface area contributed by atoms with Crippen molar-refractivity contribution >= 4 is 5.69 Å². The second-order valence-corrected chi connectivity index (χ2v) is 4.09. The van der Waals surface area contributed by atoms with E-state index in [-0.39, 0.29) is 12.3 Å².